The number of hydrogen-bond acceptors (Lipinski definition) is 6. The van der Waals surface area contributed by atoms with Gasteiger partial charge in [0.15, 0.2) is 0 Å². The minimum atomic E-state index is 0.559. The second kappa shape index (κ2) is 8.92. The molecule has 0 atom stereocenters. The van der Waals surface area contributed by atoms with Crippen LogP contribution in [-0.4, -0.2) is 48.1 Å². The van der Waals surface area contributed by atoms with Gasteiger partial charge in [0.25, 0.3) is 0 Å². The first kappa shape index (κ1) is 19.2. The molecule has 0 radical (unpaired) electrons. The molecule has 3 aromatic rings. The monoisotopic (exact) mass is 389 g/mol. The molecule has 1 saturated heterocycles. The molecule has 0 unspecified atom stereocenters. The molecule has 0 amide bonds. The third kappa shape index (κ3) is 5.23. The van der Waals surface area contributed by atoms with Crippen LogP contribution in [0, 0.1) is 6.92 Å². The molecule has 150 valence electrons. The summed E-state index contributed by atoms with van der Waals surface area (Å²) >= 11 is 0. The SMILES string of the molecule is Cc1cc(N2CCN(C)CC2)nc(Nc2ccc(OCc3ccccc3)cc2)n1. The minimum Gasteiger partial charge on any atom is -0.489 e. The van der Waals surface area contributed by atoms with Crippen LogP contribution >= 0.6 is 0 Å². The molecule has 2 aromatic carbocycles. The van der Waals surface area contributed by atoms with E-state index in [1.54, 1.807) is 0 Å². The van der Waals surface area contributed by atoms with Crippen molar-refractivity contribution in [2.75, 3.05) is 43.4 Å². The quantitative estimate of drug-likeness (QED) is 0.691. The molecule has 1 fully saturated rings. The average molecular weight is 390 g/mol. The second-order valence-corrected chi connectivity index (χ2v) is 7.41. The summed E-state index contributed by atoms with van der Waals surface area (Å²) in [5.41, 5.74) is 3.05. The summed E-state index contributed by atoms with van der Waals surface area (Å²) in [4.78, 5) is 13.9. The number of likely N-dealkylation sites (N-methyl/N-ethyl adjacent to an activating group) is 1. The summed E-state index contributed by atoms with van der Waals surface area (Å²) in [6.07, 6.45) is 0. The first-order chi connectivity index (χ1) is 14.2. The van der Waals surface area contributed by atoms with E-state index in [0.29, 0.717) is 12.6 Å². The van der Waals surface area contributed by atoms with E-state index in [-0.39, 0.29) is 0 Å². The largest absolute Gasteiger partial charge is 0.489 e. The topological polar surface area (TPSA) is 53.5 Å². The summed E-state index contributed by atoms with van der Waals surface area (Å²) in [7, 11) is 2.16. The molecule has 6 heteroatoms. The highest BCUT2D eigenvalue weighted by Crippen LogP contribution is 2.22. The number of rotatable bonds is 6. The van der Waals surface area contributed by atoms with Gasteiger partial charge in [0, 0.05) is 43.6 Å². The van der Waals surface area contributed by atoms with Crippen LogP contribution in [0.15, 0.2) is 60.7 Å². The Morgan fingerprint density at radius 2 is 1.66 bits per heavy atom. The molecule has 1 aromatic heterocycles. The molecular formula is C23H27N5O. The van der Waals surface area contributed by atoms with Crippen LogP contribution in [0.5, 0.6) is 5.75 Å². The van der Waals surface area contributed by atoms with E-state index < -0.39 is 0 Å². The van der Waals surface area contributed by atoms with Gasteiger partial charge in [0.05, 0.1) is 0 Å². The van der Waals surface area contributed by atoms with E-state index in [9.17, 15) is 0 Å². The zero-order valence-corrected chi connectivity index (χ0v) is 17.0. The van der Waals surface area contributed by atoms with Crippen LogP contribution < -0.4 is 15.0 Å². The summed E-state index contributed by atoms with van der Waals surface area (Å²) in [5, 5.41) is 3.32. The number of nitrogens with zero attached hydrogens (tertiary/aromatic N) is 4. The number of nitrogens with one attached hydrogen (secondary N) is 1. The van der Waals surface area contributed by atoms with E-state index in [0.717, 1.165) is 54.7 Å². The van der Waals surface area contributed by atoms with Gasteiger partial charge >= 0.3 is 0 Å². The highest BCUT2D eigenvalue weighted by atomic mass is 16.5. The molecule has 1 aliphatic heterocycles. The predicted molar refractivity (Wildman–Crippen MR) is 117 cm³/mol. The Kier molecular flexibility index (Phi) is 5.91. The zero-order valence-electron chi connectivity index (χ0n) is 17.0. The average Bonchev–Trinajstić information content (AvgIpc) is 2.74. The normalized spacial score (nSPS) is 14.6. The Labute approximate surface area is 172 Å². The lowest BCUT2D eigenvalue weighted by Crippen LogP contribution is -2.44. The summed E-state index contributed by atoms with van der Waals surface area (Å²) in [6, 6.07) is 20.1. The molecule has 1 aliphatic rings. The zero-order chi connectivity index (χ0) is 20.1. The Balaban J connectivity index is 1.39. The highest BCUT2D eigenvalue weighted by Gasteiger charge is 2.16. The molecule has 4 rings (SSSR count). The Morgan fingerprint density at radius 3 is 2.38 bits per heavy atom. The van der Waals surface area contributed by atoms with Gasteiger partial charge in [-0.25, -0.2) is 4.98 Å². The van der Waals surface area contributed by atoms with Crippen molar-refractivity contribution in [1.29, 1.82) is 0 Å². The first-order valence-corrected chi connectivity index (χ1v) is 9.99. The number of benzene rings is 2. The van der Waals surface area contributed by atoms with Gasteiger partial charge in [-0.15, -0.1) is 0 Å². The minimum absolute atomic E-state index is 0.559. The van der Waals surface area contributed by atoms with Crippen molar-refractivity contribution >= 4 is 17.5 Å². The van der Waals surface area contributed by atoms with Crippen molar-refractivity contribution in [2.45, 2.75) is 13.5 Å². The van der Waals surface area contributed by atoms with Gasteiger partial charge in [0.2, 0.25) is 5.95 Å². The van der Waals surface area contributed by atoms with Crippen LogP contribution in [-0.2, 0) is 6.61 Å². The number of piperazine rings is 1. The third-order valence-corrected chi connectivity index (χ3v) is 5.03. The van der Waals surface area contributed by atoms with Gasteiger partial charge in [-0.1, -0.05) is 30.3 Å². The Hall–Kier alpha value is -3.12. The van der Waals surface area contributed by atoms with E-state index in [4.69, 9.17) is 9.72 Å². The first-order valence-electron chi connectivity index (χ1n) is 9.99. The standard InChI is InChI=1S/C23H27N5O/c1-18-16-22(28-14-12-27(2)13-15-28)26-23(24-18)25-20-8-10-21(11-9-20)29-17-19-6-4-3-5-7-19/h3-11,16H,12-15,17H2,1-2H3,(H,24,25,26). The number of ether oxygens (including phenoxy) is 1. The molecule has 0 bridgehead atoms. The lowest BCUT2D eigenvalue weighted by molar-refractivity contribution is 0.306. The maximum Gasteiger partial charge on any atom is 0.229 e. The second-order valence-electron chi connectivity index (χ2n) is 7.41. The molecule has 2 heterocycles. The third-order valence-electron chi connectivity index (χ3n) is 5.03. The van der Waals surface area contributed by atoms with Crippen LogP contribution in [0.3, 0.4) is 0 Å². The summed E-state index contributed by atoms with van der Waals surface area (Å²) in [5.74, 6) is 2.44. The van der Waals surface area contributed by atoms with Crippen molar-refractivity contribution in [2.24, 2.45) is 0 Å². The molecular weight excluding hydrogens is 362 g/mol. The number of aryl methyl sites for hydroxylation is 1. The van der Waals surface area contributed by atoms with Gasteiger partial charge in [-0.3, -0.25) is 0 Å². The number of anilines is 3. The van der Waals surface area contributed by atoms with Crippen molar-refractivity contribution < 1.29 is 4.74 Å². The molecule has 29 heavy (non-hydrogen) atoms. The summed E-state index contributed by atoms with van der Waals surface area (Å²) < 4.78 is 5.85. The Morgan fingerprint density at radius 1 is 0.931 bits per heavy atom. The van der Waals surface area contributed by atoms with Crippen molar-refractivity contribution in [3.63, 3.8) is 0 Å². The van der Waals surface area contributed by atoms with Crippen molar-refractivity contribution in [3.05, 3.63) is 71.9 Å². The molecule has 0 saturated carbocycles. The van der Waals surface area contributed by atoms with Crippen LogP contribution in [0.1, 0.15) is 11.3 Å². The van der Waals surface area contributed by atoms with Gasteiger partial charge in [-0.05, 0) is 43.8 Å². The van der Waals surface area contributed by atoms with Gasteiger partial charge < -0.3 is 19.9 Å². The number of hydrogen-bond donors (Lipinski definition) is 1. The fourth-order valence-electron chi connectivity index (χ4n) is 3.31. The van der Waals surface area contributed by atoms with Crippen molar-refractivity contribution in [1.82, 2.24) is 14.9 Å². The predicted octanol–water partition coefficient (Wildman–Crippen LogP) is 3.86. The van der Waals surface area contributed by atoms with Crippen LogP contribution in [0.25, 0.3) is 0 Å². The van der Waals surface area contributed by atoms with E-state index >= 15 is 0 Å². The smallest absolute Gasteiger partial charge is 0.229 e. The van der Waals surface area contributed by atoms with E-state index in [2.05, 4.69) is 45.3 Å². The lowest BCUT2D eigenvalue weighted by atomic mass is 10.2. The highest BCUT2D eigenvalue weighted by molar-refractivity contribution is 5.57. The Bertz CT molecular complexity index is 922. The molecule has 1 N–H and O–H groups in total. The molecule has 0 aliphatic carbocycles. The van der Waals surface area contributed by atoms with Crippen LogP contribution in [0.4, 0.5) is 17.5 Å². The van der Waals surface area contributed by atoms with E-state index in [1.807, 2.05) is 49.4 Å². The maximum absolute atomic E-state index is 5.85. The van der Waals surface area contributed by atoms with Gasteiger partial charge in [-0.2, -0.15) is 4.98 Å². The fourth-order valence-corrected chi connectivity index (χ4v) is 3.31. The van der Waals surface area contributed by atoms with Gasteiger partial charge in [0.1, 0.15) is 18.2 Å². The molecule has 0 spiro atoms. The van der Waals surface area contributed by atoms with E-state index in [1.165, 1.54) is 0 Å². The number of aromatic nitrogens is 2. The lowest BCUT2D eigenvalue weighted by Gasteiger charge is -2.33. The maximum atomic E-state index is 5.85. The molecule has 6 nitrogen and oxygen atoms in total. The van der Waals surface area contributed by atoms with Crippen molar-refractivity contribution in [3.8, 4) is 5.75 Å². The van der Waals surface area contributed by atoms with Crippen LogP contribution in [0.2, 0.25) is 0 Å². The summed E-state index contributed by atoms with van der Waals surface area (Å²) in [6.45, 7) is 6.64. The fraction of sp³-hybridized carbons (Fsp3) is 0.304.